The molecule has 0 aliphatic heterocycles. The zero-order valence-corrected chi connectivity index (χ0v) is 8.94. The summed E-state index contributed by atoms with van der Waals surface area (Å²) in [5.74, 6) is -0.145. The van der Waals surface area contributed by atoms with Crippen LogP contribution in [0.4, 0.5) is 5.82 Å². The molecule has 2 aromatic rings. The van der Waals surface area contributed by atoms with E-state index in [1.807, 2.05) is 0 Å². The van der Waals surface area contributed by atoms with Gasteiger partial charge in [-0.2, -0.15) is 12.5 Å². The van der Waals surface area contributed by atoms with Crippen LogP contribution < -0.4 is 11.3 Å². The van der Waals surface area contributed by atoms with E-state index < -0.39 is 15.6 Å². The van der Waals surface area contributed by atoms with Crippen LogP contribution in [0.5, 0.6) is 0 Å². The number of benzene rings is 1. The van der Waals surface area contributed by atoms with Crippen molar-refractivity contribution in [3.8, 4) is 0 Å². The molecule has 0 atom stereocenters. The number of hydrogen-bond donors (Lipinski definition) is 2. The molecule has 0 fully saturated rings. The molecule has 2 rings (SSSR count). The molecule has 1 aromatic heterocycles. The van der Waals surface area contributed by atoms with Crippen molar-refractivity contribution < 1.29 is 8.42 Å². The Kier molecular flexibility index (Phi) is 2.31. The molecule has 16 heavy (non-hydrogen) atoms. The fraction of sp³-hybridized carbons (Fsp3) is 0. The monoisotopic (exact) mass is 239 g/mol. The van der Waals surface area contributed by atoms with Crippen LogP contribution in [-0.4, -0.2) is 17.6 Å². The minimum absolute atomic E-state index is 0.0635. The number of nitrogens with one attached hydrogen (secondary N) is 1. The first-order valence-corrected chi connectivity index (χ1v) is 5.84. The summed E-state index contributed by atoms with van der Waals surface area (Å²) < 4.78 is 24.6. The van der Waals surface area contributed by atoms with Gasteiger partial charge in [-0.25, -0.2) is 5.10 Å². The Morgan fingerprint density at radius 3 is 2.31 bits per heavy atom. The molecule has 0 saturated heterocycles. The Balaban J connectivity index is 2.65. The van der Waals surface area contributed by atoms with Gasteiger partial charge in [0, 0.05) is 6.07 Å². The van der Waals surface area contributed by atoms with E-state index in [1.165, 1.54) is 12.1 Å². The minimum Gasteiger partial charge on any atom is -0.383 e. The molecular formula is C9H9N3O3S. The molecule has 1 heterocycles. The van der Waals surface area contributed by atoms with Gasteiger partial charge in [-0.1, -0.05) is 18.2 Å². The Labute approximate surface area is 91.4 Å². The average molecular weight is 239 g/mol. The Morgan fingerprint density at radius 2 is 1.81 bits per heavy atom. The van der Waals surface area contributed by atoms with Crippen molar-refractivity contribution in [3.63, 3.8) is 0 Å². The second kappa shape index (κ2) is 3.53. The summed E-state index contributed by atoms with van der Waals surface area (Å²) in [6.45, 7) is 0. The molecule has 0 aliphatic carbocycles. The topological polar surface area (TPSA) is 97.9 Å². The molecule has 0 spiro atoms. The smallest absolute Gasteiger partial charge is 0.283 e. The minimum atomic E-state index is -3.81. The van der Waals surface area contributed by atoms with Crippen LogP contribution >= 0.6 is 0 Å². The van der Waals surface area contributed by atoms with Gasteiger partial charge in [-0.3, -0.25) is 4.79 Å². The van der Waals surface area contributed by atoms with Crippen LogP contribution in [-0.2, 0) is 10.0 Å². The number of H-pyrrole nitrogens is 1. The molecule has 1 aromatic carbocycles. The summed E-state index contributed by atoms with van der Waals surface area (Å²) in [4.78, 5) is 11.0. The van der Waals surface area contributed by atoms with Gasteiger partial charge in [0.25, 0.3) is 15.6 Å². The molecule has 6 nitrogen and oxygen atoms in total. The first kappa shape index (κ1) is 10.5. The Hall–Kier alpha value is -2.02. The van der Waals surface area contributed by atoms with Crippen molar-refractivity contribution in [1.29, 1.82) is 0 Å². The zero-order chi connectivity index (χ0) is 11.8. The highest BCUT2D eigenvalue weighted by molar-refractivity contribution is 7.90. The Morgan fingerprint density at radius 1 is 1.19 bits per heavy atom. The first-order chi connectivity index (χ1) is 7.51. The van der Waals surface area contributed by atoms with Gasteiger partial charge in [0.15, 0.2) is 0 Å². The van der Waals surface area contributed by atoms with Crippen LogP contribution in [0.1, 0.15) is 0 Å². The number of aromatic amines is 1. The maximum atomic E-state index is 12.0. The summed E-state index contributed by atoms with van der Waals surface area (Å²) in [6.07, 6.45) is 0. The van der Waals surface area contributed by atoms with Crippen LogP contribution in [0.3, 0.4) is 0 Å². The number of rotatable bonds is 2. The van der Waals surface area contributed by atoms with Crippen molar-refractivity contribution in [2.24, 2.45) is 0 Å². The zero-order valence-electron chi connectivity index (χ0n) is 8.12. The predicted octanol–water partition coefficient (Wildman–Crippen LogP) is -0.00440. The van der Waals surface area contributed by atoms with Gasteiger partial charge >= 0.3 is 0 Å². The summed E-state index contributed by atoms with van der Waals surface area (Å²) in [5.41, 5.74) is 4.86. The number of aromatic nitrogens is 2. The van der Waals surface area contributed by atoms with E-state index >= 15 is 0 Å². The molecular weight excluding hydrogens is 230 g/mol. The van der Waals surface area contributed by atoms with Gasteiger partial charge < -0.3 is 5.73 Å². The van der Waals surface area contributed by atoms with Gasteiger partial charge in [0.2, 0.25) is 0 Å². The quantitative estimate of drug-likeness (QED) is 0.770. The van der Waals surface area contributed by atoms with Gasteiger partial charge in [-0.05, 0) is 12.1 Å². The largest absolute Gasteiger partial charge is 0.383 e. The summed E-state index contributed by atoms with van der Waals surface area (Å²) in [7, 11) is -3.81. The molecule has 0 radical (unpaired) electrons. The molecule has 3 N–H and O–H groups in total. The lowest BCUT2D eigenvalue weighted by Gasteiger charge is -2.06. The van der Waals surface area contributed by atoms with Gasteiger partial charge in [-0.15, -0.1) is 0 Å². The van der Waals surface area contributed by atoms with Crippen molar-refractivity contribution >= 4 is 15.8 Å². The number of nitrogens with two attached hydrogens (primary N) is 1. The highest BCUT2D eigenvalue weighted by Crippen LogP contribution is 2.13. The summed E-state index contributed by atoms with van der Waals surface area (Å²) in [5, 5.41) is 2.13. The SMILES string of the molecule is Nc1cc(=O)[nH]n1S(=O)(=O)c1ccccc1. The lowest BCUT2D eigenvalue weighted by atomic mass is 10.4. The van der Waals surface area contributed by atoms with Gasteiger partial charge in [0.05, 0.1) is 4.90 Å². The first-order valence-electron chi connectivity index (χ1n) is 4.40. The summed E-state index contributed by atoms with van der Waals surface area (Å²) >= 11 is 0. The number of hydrogen-bond acceptors (Lipinski definition) is 4. The standard InChI is InChI=1S/C9H9N3O3S/c10-8-6-9(13)11-12(8)16(14,15)7-4-2-1-3-5-7/h1-6H,10H2,(H,11,13). The molecule has 0 bridgehead atoms. The molecule has 84 valence electrons. The van der Waals surface area contributed by atoms with E-state index in [0.717, 1.165) is 6.07 Å². The van der Waals surface area contributed by atoms with E-state index in [4.69, 9.17) is 5.73 Å². The predicted molar refractivity (Wildman–Crippen MR) is 58.5 cm³/mol. The highest BCUT2D eigenvalue weighted by atomic mass is 32.2. The van der Waals surface area contributed by atoms with Crippen molar-refractivity contribution in [2.75, 3.05) is 5.73 Å². The van der Waals surface area contributed by atoms with Crippen molar-refractivity contribution in [3.05, 3.63) is 46.8 Å². The molecule has 0 unspecified atom stereocenters. The normalized spacial score (nSPS) is 11.5. The third-order valence-corrected chi connectivity index (χ3v) is 3.66. The van der Waals surface area contributed by atoms with Crippen LogP contribution in [0.2, 0.25) is 0 Å². The molecule has 0 amide bonds. The van der Waals surface area contributed by atoms with Crippen LogP contribution in [0.25, 0.3) is 0 Å². The van der Waals surface area contributed by atoms with E-state index in [9.17, 15) is 13.2 Å². The lowest BCUT2D eigenvalue weighted by molar-refractivity contribution is 0.580. The third-order valence-electron chi connectivity index (χ3n) is 2.01. The number of nitrogen functional groups attached to an aromatic ring is 1. The lowest BCUT2D eigenvalue weighted by Crippen LogP contribution is -2.18. The summed E-state index contributed by atoms with van der Waals surface area (Å²) in [6, 6.07) is 8.73. The molecule has 7 heteroatoms. The number of nitrogens with zero attached hydrogens (tertiary/aromatic N) is 1. The van der Waals surface area contributed by atoms with E-state index in [0.29, 0.717) is 4.09 Å². The second-order valence-electron chi connectivity index (χ2n) is 3.13. The van der Waals surface area contributed by atoms with Crippen molar-refractivity contribution in [2.45, 2.75) is 4.90 Å². The second-order valence-corrected chi connectivity index (χ2v) is 4.91. The third kappa shape index (κ3) is 1.61. The maximum Gasteiger partial charge on any atom is 0.283 e. The maximum absolute atomic E-state index is 12.0. The van der Waals surface area contributed by atoms with E-state index in [2.05, 4.69) is 5.10 Å². The van der Waals surface area contributed by atoms with Crippen LogP contribution in [0.15, 0.2) is 46.1 Å². The average Bonchev–Trinajstić information content (AvgIpc) is 2.60. The molecule has 0 aliphatic rings. The molecule has 0 saturated carbocycles. The van der Waals surface area contributed by atoms with E-state index in [-0.39, 0.29) is 10.7 Å². The van der Waals surface area contributed by atoms with E-state index in [1.54, 1.807) is 18.2 Å². The fourth-order valence-corrected chi connectivity index (χ4v) is 2.54. The Bertz CT molecular complexity index is 655. The number of anilines is 1. The van der Waals surface area contributed by atoms with Crippen LogP contribution in [0, 0.1) is 0 Å². The van der Waals surface area contributed by atoms with Crippen molar-refractivity contribution in [1.82, 2.24) is 9.19 Å². The van der Waals surface area contributed by atoms with Gasteiger partial charge in [0.1, 0.15) is 5.82 Å². The fourth-order valence-electron chi connectivity index (χ4n) is 1.29. The highest BCUT2D eigenvalue weighted by Gasteiger charge is 2.19.